The lowest BCUT2D eigenvalue weighted by molar-refractivity contribution is -0.167. The Bertz CT molecular complexity index is 387. The van der Waals surface area contributed by atoms with Crippen LogP contribution in [0.25, 0.3) is 0 Å². The summed E-state index contributed by atoms with van der Waals surface area (Å²) in [7, 11) is 0. The SMILES string of the molecule is O=C(O)C(F)(F)c1cnc2n1CCC2. The lowest BCUT2D eigenvalue weighted by Crippen LogP contribution is -2.28. The van der Waals surface area contributed by atoms with Crippen molar-refractivity contribution in [3.8, 4) is 0 Å². The molecule has 0 atom stereocenters. The van der Waals surface area contributed by atoms with Gasteiger partial charge < -0.3 is 9.67 Å². The van der Waals surface area contributed by atoms with E-state index in [4.69, 9.17) is 5.11 Å². The number of aryl methyl sites for hydroxylation is 1. The molecule has 1 aromatic rings. The number of aromatic nitrogens is 2. The normalized spacial score (nSPS) is 15.6. The zero-order valence-corrected chi connectivity index (χ0v) is 7.20. The molecule has 1 N–H and O–H groups in total. The molecule has 6 heteroatoms. The quantitative estimate of drug-likeness (QED) is 0.778. The molecule has 2 heterocycles. The molecular formula is C8H8F2N2O2. The number of imidazole rings is 1. The predicted molar refractivity (Wildman–Crippen MR) is 42.1 cm³/mol. The minimum absolute atomic E-state index is 0.424. The first-order valence-corrected chi connectivity index (χ1v) is 4.19. The maximum atomic E-state index is 13.1. The monoisotopic (exact) mass is 202 g/mol. The van der Waals surface area contributed by atoms with Crippen LogP contribution in [0.3, 0.4) is 0 Å². The van der Waals surface area contributed by atoms with Gasteiger partial charge in [-0.05, 0) is 6.42 Å². The van der Waals surface area contributed by atoms with Crippen LogP contribution in [0.15, 0.2) is 6.20 Å². The van der Waals surface area contributed by atoms with Gasteiger partial charge in [0.2, 0.25) is 0 Å². The summed E-state index contributed by atoms with van der Waals surface area (Å²) in [5.74, 6) is -5.43. The molecule has 0 amide bonds. The molecule has 2 rings (SSSR count). The van der Waals surface area contributed by atoms with Crippen molar-refractivity contribution in [1.29, 1.82) is 0 Å². The molecule has 0 bridgehead atoms. The van der Waals surface area contributed by atoms with Crippen LogP contribution in [0.2, 0.25) is 0 Å². The van der Waals surface area contributed by atoms with Crippen LogP contribution in [0, 0.1) is 0 Å². The van der Waals surface area contributed by atoms with E-state index in [9.17, 15) is 13.6 Å². The second kappa shape index (κ2) is 2.76. The number of fused-ring (bicyclic) bond motifs is 1. The molecule has 76 valence electrons. The van der Waals surface area contributed by atoms with E-state index in [-0.39, 0.29) is 0 Å². The zero-order chi connectivity index (χ0) is 10.3. The summed E-state index contributed by atoms with van der Waals surface area (Å²) in [5, 5.41) is 8.35. The first kappa shape index (κ1) is 9.11. The minimum Gasteiger partial charge on any atom is -0.476 e. The van der Waals surface area contributed by atoms with Crippen molar-refractivity contribution >= 4 is 5.97 Å². The number of carboxylic acid groups (broad SMARTS) is 1. The molecule has 0 radical (unpaired) electrons. The smallest absolute Gasteiger partial charge is 0.383 e. The largest absolute Gasteiger partial charge is 0.476 e. The van der Waals surface area contributed by atoms with Gasteiger partial charge in [0.05, 0.1) is 6.20 Å². The molecule has 0 aromatic carbocycles. The Morgan fingerprint density at radius 3 is 3.00 bits per heavy atom. The van der Waals surface area contributed by atoms with Crippen molar-refractivity contribution in [3.63, 3.8) is 0 Å². The molecule has 1 aliphatic rings. The number of rotatable bonds is 2. The third-order valence-electron chi connectivity index (χ3n) is 2.31. The van der Waals surface area contributed by atoms with E-state index in [1.54, 1.807) is 0 Å². The average molecular weight is 202 g/mol. The van der Waals surface area contributed by atoms with Gasteiger partial charge in [0.25, 0.3) is 0 Å². The van der Waals surface area contributed by atoms with Crippen molar-refractivity contribution in [2.75, 3.05) is 0 Å². The van der Waals surface area contributed by atoms with Crippen molar-refractivity contribution in [3.05, 3.63) is 17.7 Å². The van der Waals surface area contributed by atoms with Gasteiger partial charge in [-0.15, -0.1) is 0 Å². The van der Waals surface area contributed by atoms with Crippen molar-refractivity contribution in [2.24, 2.45) is 0 Å². The molecule has 0 unspecified atom stereocenters. The number of aliphatic carboxylic acids is 1. The molecule has 0 aliphatic carbocycles. The first-order valence-electron chi connectivity index (χ1n) is 4.19. The number of halogens is 2. The lowest BCUT2D eigenvalue weighted by Gasteiger charge is -2.12. The molecule has 0 saturated heterocycles. The molecule has 1 aromatic heterocycles. The van der Waals surface area contributed by atoms with E-state index >= 15 is 0 Å². The lowest BCUT2D eigenvalue weighted by atomic mass is 10.2. The Morgan fingerprint density at radius 1 is 1.64 bits per heavy atom. The fraction of sp³-hybridized carbons (Fsp3) is 0.500. The van der Waals surface area contributed by atoms with Crippen LogP contribution in [-0.4, -0.2) is 20.6 Å². The number of hydrogen-bond acceptors (Lipinski definition) is 2. The van der Waals surface area contributed by atoms with Gasteiger partial charge in [-0.1, -0.05) is 0 Å². The van der Waals surface area contributed by atoms with Crippen LogP contribution < -0.4 is 0 Å². The van der Waals surface area contributed by atoms with E-state index in [0.29, 0.717) is 18.8 Å². The Labute approximate surface area is 78.2 Å². The molecule has 0 spiro atoms. The topological polar surface area (TPSA) is 55.1 Å². The van der Waals surface area contributed by atoms with Gasteiger partial charge in [0.1, 0.15) is 11.5 Å². The number of carboxylic acids is 1. The molecule has 1 aliphatic heterocycles. The van der Waals surface area contributed by atoms with Gasteiger partial charge in [-0.3, -0.25) is 0 Å². The Hall–Kier alpha value is -1.46. The minimum atomic E-state index is -3.84. The highest BCUT2D eigenvalue weighted by atomic mass is 19.3. The zero-order valence-electron chi connectivity index (χ0n) is 7.20. The van der Waals surface area contributed by atoms with E-state index in [1.165, 1.54) is 4.57 Å². The van der Waals surface area contributed by atoms with Gasteiger partial charge in [-0.25, -0.2) is 9.78 Å². The number of hydrogen-bond donors (Lipinski definition) is 1. The van der Waals surface area contributed by atoms with Gasteiger partial charge >= 0.3 is 11.9 Å². The molecule has 0 saturated carbocycles. The highest BCUT2D eigenvalue weighted by molar-refractivity contribution is 5.76. The van der Waals surface area contributed by atoms with Crippen molar-refractivity contribution in [1.82, 2.24) is 9.55 Å². The maximum Gasteiger partial charge on any atom is 0.383 e. The Kier molecular flexibility index (Phi) is 1.80. The highest BCUT2D eigenvalue weighted by Gasteiger charge is 2.45. The van der Waals surface area contributed by atoms with E-state index in [1.807, 2.05) is 0 Å². The standard InChI is InChI=1S/C8H8F2N2O2/c9-8(10,7(13)14)5-4-11-6-2-1-3-12(5)6/h4H,1-3H2,(H,13,14). The third kappa shape index (κ3) is 1.10. The van der Waals surface area contributed by atoms with Crippen LogP contribution in [0.5, 0.6) is 0 Å². The van der Waals surface area contributed by atoms with E-state index in [2.05, 4.69) is 4.98 Å². The summed E-state index contributed by atoms with van der Waals surface area (Å²) in [6.07, 6.45) is 2.32. The highest BCUT2D eigenvalue weighted by Crippen LogP contribution is 2.31. The van der Waals surface area contributed by atoms with Gasteiger partial charge in [-0.2, -0.15) is 8.78 Å². The van der Waals surface area contributed by atoms with Crippen molar-refractivity contribution < 1.29 is 18.7 Å². The third-order valence-corrected chi connectivity index (χ3v) is 2.31. The summed E-state index contributed by atoms with van der Waals surface area (Å²) >= 11 is 0. The Balaban J connectivity index is 2.47. The molecule has 0 fully saturated rings. The summed E-state index contributed by atoms with van der Waals surface area (Å²) in [6, 6.07) is 0. The Morgan fingerprint density at radius 2 is 2.36 bits per heavy atom. The molecule has 4 nitrogen and oxygen atoms in total. The molecule has 14 heavy (non-hydrogen) atoms. The van der Waals surface area contributed by atoms with Crippen LogP contribution in [0.4, 0.5) is 8.78 Å². The number of nitrogens with zero attached hydrogens (tertiary/aromatic N) is 2. The summed E-state index contributed by atoms with van der Waals surface area (Å²) in [6.45, 7) is 0.424. The van der Waals surface area contributed by atoms with Crippen LogP contribution in [0.1, 0.15) is 17.9 Å². The second-order valence-corrected chi connectivity index (χ2v) is 3.19. The van der Waals surface area contributed by atoms with Crippen LogP contribution in [-0.2, 0) is 23.7 Å². The average Bonchev–Trinajstić information content (AvgIpc) is 2.61. The molecular weight excluding hydrogens is 194 g/mol. The summed E-state index contributed by atoms with van der Waals surface area (Å²) < 4.78 is 27.5. The number of alkyl halides is 2. The van der Waals surface area contributed by atoms with E-state index < -0.39 is 17.6 Å². The predicted octanol–water partition coefficient (Wildman–Crippen LogP) is 1.01. The fourth-order valence-corrected chi connectivity index (χ4v) is 1.62. The second-order valence-electron chi connectivity index (χ2n) is 3.19. The summed E-state index contributed by atoms with van der Waals surface area (Å²) in [4.78, 5) is 14.1. The van der Waals surface area contributed by atoms with Crippen molar-refractivity contribution in [2.45, 2.75) is 25.3 Å². The van der Waals surface area contributed by atoms with Gasteiger partial charge in [0.15, 0.2) is 0 Å². The van der Waals surface area contributed by atoms with Crippen LogP contribution >= 0.6 is 0 Å². The van der Waals surface area contributed by atoms with Gasteiger partial charge in [0, 0.05) is 13.0 Å². The van der Waals surface area contributed by atoms with E-state index in [0.717, 1.165) is 12.6 Å². The fourth-order valence-electron chi connectivity index (χ4n) is 1.62. The number of carbonyl (C=O) groups is 1. The summed E-state index contributed by atoms with van der Waals surface area (Å²) in [5.41, 5.74) is -0.516. The maximum absolute atomic E-state index is 13.1. The first-order chi connectivity index (χ1) is 6.53.